The van der Waals surface area contributed by atoms with E-state index in [0.29, 0.717) is 32.7 Å². The fourth-order valence-corrected chi connectivity index (χ4v) is 4.19. The molecule has 0 bridgehead atoms. The molecule has 0 amide bonds. The number of benzene rings is 2. The zero-order chi connectivity index (χ0) is 19.1. The highest BCUT2D eigenvalue weighted by Gasteiger charge is 2.21. The third kappa shape index (κ3) is 4.15. The van der Waals surface area contributed by atoms with Crippen molar-refractivity contribution < 1.29 is 19.1 Å². The van der Waals surface area contributed by atoms with Gasteiger partial charge in [0.2, 0.25) is 0 Å². The number of hydrogen-bond acceptors (Lipinski definition) is 4. The van der Waals surface area contributed by atoms with Gasteiger partial charge >= 0.3 is 7.60 Å². The molecule has 0 fully saturated rings. The molecule has 3 aromatic rings. The van der Waals surface area contributed by atoms with Crippen molar-refractivity contribution in [1.82, 2.24) is 9.55 Å². The normalized spacial score (nSPS) is 11.9. The van der Waals surface area contributed by atoms with E-state index in [1.807, 2.05) is 0 Å². The fraction of sp³-hybridized carbons (Fsp3) is 0.133. The SMILES string of the molecule is CSc1nc2cc(Oc3cccc(Cl)c3Cl)c(Cl)cc2n1CP(=O)(O)O. The van der Waals surface area contributed by atoms with Crippen molar-refractivity contribution in [1.29, 1.82) is 0 Å². The lowest BCUT2D eigenvalue weighted by Gasteiger charge is -2.11. The molecule has 1 aromatic heterocycles. The topological polar surface area (TPSA) is 84.6 Å². The van der Waals surface area contributed by atoms with Crippen LogP contribution in [0.3, 0.4) is 0 Å². The van der Waals surface area contributed by atoms with Crippen molar-refractivity contribution >= 4 is 65.2 Å². The van der Waals surface area contributed by atoms with Gasteiger partial charge in [-0.3, -0.25) is 4.57 Å². The van der Waals surface area contributed by atoms with Crippen LogP contribution in [-0.2, 0) is 10.9 Å². The molecular formula is C15H12Cl3N2O4PS. The summed E-state index contributed by atoms with van der Waals surface area (Å²) < 4.78 is 18.6. The Labute approximate surface area is 168 Å². The first-order valence-corrected chi connectivity index (χ1v) is 11.3. The zero-order valence-electron chi connectivity index (χ0n) is 13.2. The first-order valence-electron chi connectivity index (χ1n) is 7.10. The van der Waals surface area contributed by atoms with Gasteiger partial charge in [0.1, 0.15) is 22.8 Å². The Morgan fingerprint density at radius 2 is 1.92 bits per heavy atom. The van der Waals surface area contributed by atoms with E-state index in [0.717, 1.165) is 0 Å². The van der Waals surface area contributed by atoms with Crippen LogP contribution >= 0.6 is 54.2 Å². The molecule has 0 unspecified atom stereocenters. The maximum atomic E-state index is 11.4. The molecular weight excluding hydrogens is 442 g/mol. The van der Waals surface area contributed by atoms with Crippen LogP contribution in [0, 0.1) is 0 Å². The Morgan fingerprint density at radius 1 is 1.19 bits per heavy atom. The minimum Gasteiger partial charge on any atom is -0.454 e. The van der Waals surface area contributed by atoms with Crippen LogP contribution in [0.1, 0.15) is 0 Å². The number of aromatic nitrogens is 2. The maximum Gasteiger partial charge on any atom is 0.345 e. The van der Waals surface area contributed by atoms with Crippen LogP contribution in [0.25, 0.3) is 11.0 Å². The first kappa shape index (κ1) is 19.8. The summed E-state index contributed by atoms with van der Waals surface area (Å²) in [5.41, 5.74) is 0.979. The summed E-state index contributed by atoms with van der Waals surface area (Å²) in [7, 11) is -4.29. The number of halogens is 3. The molecule has 1 heterocycles. The standard InChI is InChI=1S/C15H12Cl3N2O4PS/c1-26-15-19-10-6-13(24-12-4-2-3-8(16)14(12)18)9(17)5-11(10)20(15)7-25(21,22)23/h2-6H,7H2,1H3,(H2,21,22,23). The fourth-order valence-electron chi connectivity index (χ4n) is 2.34. The molecule has 0 saturated carbocycles. The van der Waals surface area contributed by atoms with Crippen LogP contribution in [-0.4, -0.2) is 25.6 Å². The molecule has 3 rings (SSSR count). The summed E-state index contributed by atoms with van der Waals surface area (Å²) in [5.74, 6) is 0.636. The number of rotatable bonds is 5. The summed E-state index contributed by atoms with van der Waals surface area (Å²) in [5, 5.41) is 1.30. The van der Waals surface area contributed by atoms with Gasteiger partial charge in [0, 0.05) is 6.07 Å². The van der Waals surface area contributed by atoms with Gasteiger partial charge in [0.05, 0.1) is 21.1 Å². The van der Waals surface area contributed by atoms with Crippen molar-refractivity contribution in [2.75, 3.05) is 6.26 Å². The van der Waals surface area contributed by atoms with Crippen molar-refractivity contribution in [3.8, 4) is 11.5 Å². The average molecular weight is 454 g/mol. The summed E-state index contributed by atoms with van der Waals surface area (Å²) in [6, 6.07) is 8.11. The predicted octanol–water partition coefficient (Wildman–Crippen LogP) is 5.65. The summed E-state index contributed by atoms with van der Waals surface area (Å²) in [6.07, 6.45) is 1.28. The van der Waals surface area contributed by atoms with Gasteiger partial charge in [0.15, 0.2) is 5.16 Å². The smallest absolute Gasteiger partial charge is 0.345 e. The van der Waals surface area contributed by atoms with Gasteiger partial charge in [-0.15, -0.1) is 0 Å². The number of imidazole rings is 1. The van der Waals surface area contributed by atoms with Crippen molar-refractivity contribution in [2.24, 2.45) is 0 Å². The highest BCUT2D eigenvalue weighted by atomic mass is 35.5. The van der Waals surface area contributed by atoms with Gasteiger partial charge in [-0.1, -0.05) is 52.6 Å². The summed E-state index contributed by atoms with van der Waals surface area (Å²) in [4.78, 5) is 23.0. The van der Waals surface area contributed by atoms with Crippen LogP contribution in [0.5, 0.6) is 11.5 Å². The molecule has 0 spiro atoms. The molecule has 26 heavy (non-hydrogen) atoms. The molecule has 138 valence electrons. The van der Waals surface area contributed by atoms with E-state index in [1.54, 1.807) is 36.6 Å². The summed E-state index contributed by atoms with van der Waals surface area (Å²) in [6.45, 7) is 0. The second-order valence-electron chi connectivity index (χ2n) is 5.26. The Kier molecular flexibility index (Phi) is 5.80. The highest BCUT2D eigenvalue weighted by molar-refractivity contribution is 7.98. The third-order valence-electron chi connectivity index (χ3n) is 3.41. The molecule has 0 atom stereocenters. The number of thioether (sulfide) groups is 1. The molecule has 0 aliphatic carbocycles. The van der Waals surface area contributed by atoms with Crippen molar-refractivity contribution in [3.63, 3.8) is 0 Å². The van der Waals surface area contributed by atoms with Crippen LogP contribution < -0.4 is 4.74 Å². The van der Waals surface area contributed by atoms with Crippen LogP contribution in [0.15, 0.2) is 35.5 Å². The lowest BCUT2D eigenvalue weighted by molar-refractivity contribution is 0.361. The van der Waals surface area contributed by atoms with Crippen LogP contribution in [0.2, 0.25) is 15.1 Å². The third-order valence-corrected chi connectivity index (χ3v) is 5.84. The molecule has 0 aliphatic rings. The maximum absolute atomic E-state index is 11.4. The molecule has 0 aliphatic heterocycles. The van der Waals surface area contributed by atoms with E-state index in [-0.39, 0.29) is 10.0 Å². The van der Waals surface area contributed by atoms with E-state index >= 15 is 0 Å². The molecule has 0 saturated heterocycles. The molecule has 0 radical (unpaired) electrons. The largest absolute Gasteiger partial charge is 0.454 e. The summed E-state index contributed by atoms with van der Waals surface area (Å²) >= 11 is 19.7. The number of hydrogen-bond donors (Lipinski definition) is 2. The molecule has 6 nitrogen and oxygen atoms in total. The van der Waals surface area contributed by atoms with E-state index in [4.69, 9.17) is 39.5 Å². The number of fused-ring (bicyclic) bond motifs is 1. The van der Waals surface area contributed by atoms with Gasteiger partial charge < -0.3 is 19.1 Å². The number of nitrogens with zero attached hydrogens (tertiary/aromatic N) is 2. The van der Waals surface area contributed by atoms with E-state index in [1.165, 1.54) is 16.3 Å². The molecule has 2 aromatic carbocycles. The molecule has 11 heteroatoms. The number of ether oxygens (including phenoxy) is 1. The van der Waals surface area contributed by atoms with E-state index in [9.17, 15) is 14.4 Å². The van der Waals surface area contributed by atoms with Crippen molar-refractivity contribution in [3.05, 3.63) is 45.4 Å². The Balaban J connectivity index is 2.08. The minimum atomic E-state index is -4.29. The average Bonchev–Trinajstić information content (AvgIpc) is 2.87. The van der Waals surface area contributed by atoms with E-state index < -0.39 is 13.9 Å². The second-order valence-corrected chi connectivity index (χ2v) is 8.84. The van der Waals surface area contributed by atoms with Gasteiger partial charge in [-0.2, -0.15) is 0 Å². The lowest BCUT2D eigenvalue weighted by Crippen LogP contribution is -2.00. The lowest BCUT2D eigenvalue weighted by atomic mass is 10.3. The van der Waals surface area contributed by atoms with Gasteiger partial charge in [0.25, 0.3) is 0 Å². The second kappa shape index (κ2) is 7.60. The van der Waals surface area contributed by atoms with Gasteiger partial charge in [-0.25, -0.2) is 4.98 Å². The van der Waals surface area contributed by atoms with Gasteiger partial charge in [-0.05, 0) is 24.5 Å². The van der Waals surface area contributed by atoms with Crippen molar-refractivity contribution in [2.45, 2.75) is 11.4 Å². The Morgan fingerprint density at radius 3 is 2.58 bits per heavy atom. The quantitative estimate of drug-likeness (QED) is 0.384. The first-order chi connectivity index (χ1) is 12.2. The zero-order valence-corrected chi connectivity index (χ0v) is 17.2. The Bertz CT molecular complexity index is 1040. The Hall–Kier alpha value is -0.920. The molecule has 2 N–H and O–H groups in total. The minimum absolute atomic E-state index is 0.244. The van der Waals surface area contributed by atoms with E-state index in [2.05, 4.69) is 4.98 Å². The predicted molar refractivity (Wildman–Crippen MR) is 105 cm³/mol. The van der Waals surface area contributed by atoms with Crippen LogP contribution in [0.4, 0.5) is 0 Å². The highest BCUT2D eigenvalue weighted by Crippen LogP contribution is 2.42. The monoisotopic (exact) mass is 452 g/mol.